The van der Waals surface area contributed by atoms with Crippen molar-refractivity contribution in [2.24, 2.45) is 16.7 Å². The van der Waals surface area contributed by atoms with Crippen LogP contribution in [0.15, 0.2) is 102 Å². The Bertz CT molecular complexity index is 2290. The van der Waals surface area contributed by atoms with E-state index in [4.69, 9.17) is 36.3 Å². The molecule has 15 heteroatoms. The highest BCUT2D eigenvalue weighted by Gasteiger charge is 2.78. The van der Waals surface area contributed by atoms with Gasteiger partial charge in [0.2, 0.25) is 0 Å². The number of hydrogen-bond acceptors (Lipinski definition) is 14. The molecule has 0 aromatic heterocycles. The first-order chi connectivity index (χ1) is 29.3. The van der Waals surface area contributed by atoms with Crippen molar-refractivity contribution >= 4 is 48.2 Å². The lowest BCUT2D eigenvalue weighted by Gasteiger charge is -2.67. The number of hydrogen-bond donors (Lipinski definition) is 4. The van der Waals surface area contributed by atoms with Crippen LogP contribution in [0.25, 0.3) is 0 Å². The van der Waals surface area contributed by atoms with E-state index in [0.717, 1.165) is 6.92 Å². The van der Waals surface area contributed by atoms with Gasteiger partial charge >= 0.3 is 23.9 Å². The van der Waals surface area contributed by atoms with Gasteiger partial charge in [0.15, 0.2) is 23.6 Å². The van der Waals surface area contributed by atoms with E-state index in [1.807, 2.05) is 0 Å². The topological polar surface area (TPSA) is 201 Å². The van der Waals surface area contributed by atoms with Crippen LogP contribution in [0.3, 0.4) is 0 Å². The number of ketones is 1. The maximum absolute atomic E-state index is 15.6. The van der Waals surface area contributed by atoms with Crippen molar-refractivity contribution in [1.29, 1.82) is 0 Å². The van der Waals surface area contributed by atoms with E-state index in [2.05, 4.69) is 5.32 Å². The molecule has 3 aromatic carbocycles. The number of thiol groups is 1. The first kappa shape index (κ1) is 44.7. The van der Waals surface area contributed by atoms with E-state index in [1.54, 1.807) is 107 Å². The van der Waals surface area contributed by atoms with Crippen LogP contribution < -0.4 is 5.32 Å². The minimum atomic E-state index is -2.31. The number of rotatable bonds is 10. The Kier molecular flexibility index (Phi) is 12.1. The quantitative estimate of drug-likeness (QED) is 0.0949. The van der Waals surface area contributed by atoms with Crippen LogP contribution in [0.4, 0.5) is 0 Å². The van der Waals surface area contributed by atoms with Gasteiger partial charge in [0, 0.05) is 36.5 Å². The van der Waals surface area contributed by atoms with E-state index in [9.17, 15) is 34.2 Å². The molecule has 1 saturated heterocycles. The van der Waals surface area contributed by atoms with Crippen LogP contribution in [0.1, 0.15) is 86.7 Å². The number of nitrogens with one attached hydrogen (secondary N) is 1. The van der Waals surface area contributed by atoms with Gasteiger partial charge in [0.1, 0.15) is 23.9 Å². The molecule has 0 unspecified atom stereocenters. The molecular formula is C47H51NO13S. The second-order valence-electron chi connectivity index (χ2n) is 17.4. The average molecular weight is 870 g/mol. The zero-order chi connectivity index (χ0) is 44.9. The molecule has 7 rings (SSSR count). The molecule has 2 bridgehead atoms. The highest BCUT2D eigenvalue weighted by molar-refractivity contribution is 7.81. The summed E-state index contributed by atoms with van der Waals surface area (Å²) < 4.78 is 30.6. The minimum absolute atomic E-state index is 0.0743. The molecule has 3 aromatic rings. The van der Waals surface area contributed by atoms with Crippen molar-refractivity contribution in [3.05, 3.63) is 119 Å². The standard InChI is InChI=1S/C47H51NO13S/c1-25-31(59-43(55)36(51)35(28-16-10-7-11-17-28)48-41(53)29-18-12-8-13-19-29)23-47(56)40(60-42(54)30-20-14-9-15-21-30)38-45(6,33(62)22-32-46(38,24-57-32)61-27(3)50)39(52)37(58-26(2)49)34(25)44(47,4)5/h7-21,31-33,35-38,40,51,56,62H,22-24H2,1-6H3,(H,48,53)/t31-,32+,33-,35-,36+,37+,38-,40-,45+,46-,47+/m0/s1. The molecule has 2 saturated carbocycles. The van der Waals surface area contributed by atoms with Gasteiger partial charge < -0.3 is 39.2 Å². The van der Waals surface area contributed by atoms with Gasteiger partial charge in [-0.15, -0.1) is 0 Å². The summed E-state index contributed by atoms with van der Waals surface area (Å²) in [6.07, 6.45) is -8.12. The number of fused-ring (bicyclic) bond motifs is 5. The van der Waals surface area contributed by atoms with Crippen LogP contribution in [0.5, 0.6) is 0 Å². The summed E-state index contributed by atoms with van der Waals surface area (Å²) >= 11 is 4.94. The Morgan fingerprint density at radius 2 is 1.42 bits per heavy atom. The van der Waals surface area contributed by atoms with Crippen molar-refractivity contribution in [3.8, 4) is 0 Å². The van der Waals surface area contributed by atoms with Crippen molar-refractivity contribution < 1.29 is 62.7 Å². The number of carbonyl (C=O) groups is 6. The molecule has 1 amide bonds. The summed E-state index contributed by atoms with van der Waals surface area (Å²) in [4.78, 5) is 83.7. The summed E-state index contributed by atoms with van der Waals surface area (Å²) in [6, 6.07) is 23.2. The predicted molar refractivity (Wildman–Crippen MR) is 224 cm³/mol. The van der Waals surface area contributed by atoms with Crippen molar-refractivity contribution in [3.63, 3.8) is 0 Å². The normalized spacial score (nSPS) is 31.9. The Balaban J connectivity index is 1.39. The molecule has 4 aliphatic rings. The largest absolute Gasteiger partial charge is 0.456 e. The van der Waals surface area contributed by atoms with Crippen LogP contribution in [-0.4, -0.2) is 99.4 Å². The number of aliphatic hydroxyl groups excluding tert-OH is 1. The van der Waals surface area contributed by atoms with Gasteiger partial charge in [0.25, 0.3) is 5.91 Å². The van der Waals surface area contributed by atoms with Crippen LogP contribution in [0, 0.1) is 16.7 Å². The second-order valence-corrected chi connectivity index (χ2v) is 18.0. The van der Waals surface area contributed by atoms with Gasteiger partial charge in [-0.2, -0.15) is 12.6 Å². The maximum atomic E-state index is 15.6. The Hall–Kier alpha value is -5.35. The number of amides is 1. The van der Waals surface area contributed by atoms with Crippen LogP contribution in [-0.2, 0) is 42.9 Å². The molecule has 0 spiro atoms. The molecular weight excluding hydrogens is 819 g/mol. The molecule has 1 aliphatic heterocycles. The number of benzene rings is 3. The minimum Gasteiger partial charge on any atom is -0.456 e. The number of aliphatic hydroxyl groups is 2. The Morgan fingerprint density at radius 3 is 1.97 bits per heavy atom. The van der Waals surface area contributed by atoms with E-state index in [1.165, 1.54) is 19.1 Å². The lowest BCUT2D eigenvalue weighted by atomic mass is 9.45. The molecule has 328 valence electrons. The smallest absolute Gasteiger partial charge is 0.338 e. The number of esters is 4. The summed E-state index contributed by atoms with van der Waals surface area (Å²) in [7, 11) is 0. The average Bonchev–Trinajstić information content (AvgIpc) is 3.24. The highest BCUT2D eigenvalue weighted by Crippen LogP contribution is 2.65. The molecule has 14 nitrogen and oxygen atoms in total. The van der Waals surface area contributed by atoms with Crippen molar-refractivity contribution in [2.45, 2.75) is 107 Å². The summed E-state index contributed by atoms with van der Waals surface area (Å²) in [5.41, 5.74) is -6.26. The zero-order valence-electron chi connectivity index (χ0n) is 35.2. The van der Waals surface area contributed by atoms with Crippen molar-refractivity contribution in [1.82, 2.24) is 5.32 Å². The third-order valence-electron chi connectivity index (χ3n) is 13.5. The molecule has 62 heavy (non-hydrogen) atoms. The van der Waals surface area contributed by atoms with Crippen molar-refractivity contribution in [2.75, 3.05) is 6.61 Å². The lowest BCUT2D eigenvalue weighted by Crippen LogP contribution is -2.81. The molecule has 3 aliphatic carbocycles. The summed E-state index contributed by atoms with van der Waals surface area (Å²) in [6.45, 7) is 8.44. The third-order valence-corrected chi connectivity index (χ3v) is 14.2. The SMILES string of the molecule is CC(=O)O[C@H]1C(=O)[C@@]2(C)[C@H]([C@H](OC(=O)c3ccccc3)[C@]3(O)C[C@H](OC(=O)[C@H](O)[C@@H](NC(=O)c4ccccc4)c4ccccc4)C(C)=C1C3(C)C)[C@]1(OC(C)=O)CO[C@@H]1C[C@@H]2S. The Morgan fingerprint density at radius 1 is 0.839 bits per heavy atom. The molecule has 0 radical (unpaired) electrons. The summed E-state index contributed by atoms with van der Waals surface area (Å²) in [5, 5.41) is 27.4. The van der Waals surface area contributed by atoms with Gasteiger partial charge in [-0.1, -0.05) is 87.5 Å². The van der Waals surface area contributed by atoms with E-state index in [-0.39, 0.29) is 35.3 Å². The van der Waals surface area contributed by atoms with E-state index >= 15 is 4.79 Å². The highest BCUT2D eigenvalue weighted by atomic mass is 32.1. The first-order valence-corrected chi connectivity index (χ1v) is 21.0. The van der Waals surface area contributed by atoms with Gasteiger partial charge in [0.05, 0.1) is 29.5 Å². The van der Waals surface area contributed by atoms with Crippen LogP contribution >= 0.6 is 12.6 Å². The van der Waals surface area contributed by atoms with Crippen LogP contribution in [0.2, 0.25) is 0 Å². The van der Waals surface area contributed by atoms with Gasteiger partial charge in [-0.05, 0) is 54.3 Å². The zero-order valence-corrected chi connectivity index (χ0v) is 36.1. The number of carbonyl (C=O) groups excluding carboxylic acids is 6. The lowest BCUT2D eigenvalue weighted by molar-refractivity contribution is -0.331. The predicted octanol–water partition coefficient (Wildman–Crippen LogP) is 4.67. The second kappa shape index (κ2) is 16.7. The molecule has 3 fully saturated rings. The number of Topliss-reactive ketones (excluding diaryl/α,β-unsaturated/α-hetero) is 1. The van der Waals surface area contributed by atoms with Gasteiger partial charge in [-0.25, -0.2) is 9.59 Å². The fourth-order valence-electron chi connectivity index (χ4n) is 10.2. The van der Waals surface area contributed by atoms with E-state index < -0.39 is 112 Å². The fraction of sp³-hybridized carbons (Fsp3) is 0.447. The molecule has 3 N–H and O–H groups in total. The first-order valence-electron chi connectivity index (χ1n) is 20.5. The van der Waals surface area contributed by atoms with Gasteiger partial charge in [-0.3, -0.25) is 19.2 Å². The Labute approximate surface area is 364 Å². The monoisotopic (exact) mass is 869 g/mol. The number of ether oxygens (including phenoxy) is 5. The molecule has 11 atom stereocenters. The van der Waals surface area contributed by atoms with E-state index in [0.29, 0.717) is 5.56 Å². The third kappa shape index (κ3) is 7.41. The summed E-state index contributed by atoms with van der Waals surface area (Å²) in [5.74, 6) is -6.28. The maximum Gasteiger partial charge on any atom is 0.338 e. The molecule has 1 heterocycles. The fourth-order valence-corrected chi connectivity index (χ4v) is 10.7.